The van der Waals surface area contributed by atoms with E-state index < -0.39 is 11.8 Å². The van der Waals surface area contributed by atoms with Gasteiger partial charge in [0.25, 0.3) is 0 Å². The molecule has 0 N–H and O–H groups in total. The predicted molar refractivity (Wildman–Crippen MR) is 111 cm³/mol. The second-order valence-corrected chi connectivity index (χ2v) is 7.69. The monoisotopic (exact) mass is 382 g/mol. The SMILES string of the molecule is C=CC[C@H](CCc1ccc(OCc2ccccc2)cc1)OC(=O)OC(C)(C)C. The van der Waals surface area contributed by atoms with E-state index in [1.165, 1.54) is 0 Å². The molecule has 2 aromatic carbocycles. The van der Waals surface area contributed by atoms with Crippen molar-refractivity contribution in [2.75, 3.05) is 0 Å². The first-order chi connectivity index (χ1) is 13.4. The Morgan fingerprint density at radius 3 is 2.32 bits per heavy atom. The third-order valence-electron chi connectivity index (χ3n) is 4.01. The van der Waals surface area contributed by atoms with Crippen LogP contribution >= 0.6 is 0 Å². The van der Waals surface area contributed by atoms with Gasteiger partial charge >= 0.3 is 6.16 Å². The van der Waals surface area contributed by atoms with Crippen LogP contribution in [0.1, 0.15) is 44.7 Å². The smallest absolute Gasteiger partial charge is 0.489 e. The Hall–Kier alpha value is -2.75. The normalized spacial score (nSPS) is 12.1. The topological polar surface area (TPSA) is 44.8 Å². The molecule has 0 saturated heterocycles. The number of carbonyl (C=O) groups excluding carboxylic acids is 1. The molecule has 0 fully saturated rings. The van der Waals surface area contributed by atoms with E-state index in [4.69, 9.17) is 14.2 Å². The van der Waals surface area contributed by atoms with Crippen molar-refractivity contribution in [2.24, 2.45) is 0 Å². The molecule has 1 atom stereocenters. The number of rotatable bonds is 9. The standard InChI is InChI=1S/C24H30O4/c1-5-9-22(27-23(25)28-24(2,3)4)17-14-19-12-15-21(16-13-19)26-18-20-10-7-6-8-11-20/h5-8,10-13,15-16,22H,1,9,14,17-18H2,2-4H3/t22-/m1/s1. The Kier molecular flexibility index (Phi) is 8.12. The zero-order chi connectivity index (χ0) is 20.4. The Labute approximate surface area is 168 Å². The molecule has 2 aromatic rings. The summed E-state index contributed by atoms with van der Waals surface area (Å²) in [5, 5.41) is 0. The van der Waals surface area contributed by atoms with E-state index in [0.717, 1.165) is 23.3 Å². The maximum atomic E-state index is 11.9. The zero-order valence-corrected chi connectivity index (χ0v) is 17.0. The highest BCUT2D eigenvalue weighted by atomic mass is 16.7. The van der Waals surface area contributed by atoms with Gasteiger partial charge in [0.1, 0.15) is 24.1 Å². The molecule has 150 valence electrons. The molecule has 0 radical (unpaired) electrons. The quantitative estimate of drug-likeness (QED) is 0.388. The first kappa shape index (κ1) is 21.5. The molecule has 28 heavy (non-hydrogen) atoms. The molecule has 0 spiro atoms. The average molecular weight is 383 g/mol. The van der Waals surface area contributed by atoms with E-state index in [0.29, 0.717) is 19.4 Å². The molecule has 0 aliphatic carbocycles. The molecule has 0 amide bonds. The Morgan fingerprint density at radius 1 is 1.04 bits per heavy atom. The minimum Gasteiger partial charge on any atom is -0.489 e. The highest BCUT2D eigenvalue weighted by Crippen LogP contribution is 2.18. The van der Waals surface area contributed by atoms with Gasteiger partial charge in [-0.1, -0.05) is 48.5 Å². The van der Waals surface area contributed by atoms with Crippen LogP contribution in [0, 0.1) is 0 Å². The molecule has 0 aromatic heterocycles. The number of aryl methyl sites for hydroxylation is 1. The van der Waals surface area contributed by atoms with Gasteiger partial charge in [0, 0.05) is 6.42 Å². The van der Waals surface area contributed by atoms with Gasteiger partial charge in [-0.3, -0.25) is 0 Å². The summed E-state index contributed by atoms with van der Waals surface area (Å²) in [7, 11) is 0. The highest BCUT2D eigenvalue weighted by molar-refractivity contribution is 5.60. The van der Waals surface area contributed by atoms with E-state index in [-0.39, 0.29) is 6.10 Å². The van der Waals surface area contributed by atoms with Gasteiger partial charge in [-0.15, -0.1) is 6.58 Å². The van der Waals surface area contributed by atoms with Gasteiger partial charge in [0.05, 0.1) is 0 Å². The third-order valence-corrected chi connectivity index (χ3v) is 4.01. The molecular formula is C24H30O4. The fraction of sp³-hybridized carbons (Fsp3) is 0.375. The summed E-state index contributed by atoms with van der Waals surface area (Å²) in [5.74, 6) is 0.834. The van der Waals surface area contributed by atoms with Gasteiger partial charge in [0.15, 0.2) is 0 Å². The number of ether oxygens (including phenoxy) is 3. The fourth-order valence-corrected chi connectivity index (χ4v) is 2.64. The maximum absolute atomic E-state index is 11.9. The van der Waals surface area contributed by atoms with Crippen molar-refractivity contribution >= 4 is 6.16 Å². The van der Waals surface area contributed by atoms with Crippen LogP contribution < -0.4 is 4.74 Å². The van der Waals surface area contributed by atoms with Crippen molar-refractivity contribution in [2.45, 2.75) is 58.3 Å². The second kappa shape index (κ2) is 10.5. The van der Waals surface area contributed by atoms with Crippen LogP contribution in [0.4, 0.5) is 4.79 Å². The van der Waals surface area contributed by atoms with Gasteiger partial charge in [-0.2, -0.15) is 0 Å². The highest BCUT2D eigenvalue weighted by Gasteiger charge is 2.20. The van der Waals surface area contributed by atoms with Gasteiger partial charge in [-0.25, -0.2) is 4.79 Å². The van der Waals surface area contributed by atoms with Crippen LogP contribution in [0.2, 0.25) is 0 Å². The minimum atomic E-state index is -0.635. The van der Waals surface area contributed by atoms with E-state index in [2.05, 4.69) is 6.58 Å². The molecule has 0 saturated carbocycles. The summed E-state index contributed by atoms with van der Waals surface area (Å²) in [6.45, 7) is 9.75. The van der Waals surface area contributed by atoms with Crippen molar-refractivity contribution in [1.29, 1.82) is 0 Å². The fourth-order valence-electron chi connectivity index (χ4n) is 2.64. The molecular weight excluding hydrogens is 352 g/mol. The first-order valence-electron chi connectivity index (χ1n) is 9.62. The van der Waals surface area contributed by atoms with E-state index in [1.807, 2.05) is 75.4 Å². The number of carbonyl (C=O) groups is 1. The number of hydrogen-bond donors (Lipinski definition) is 0. The van der Waals surface area contributed by atoms with Crippen LogP contribution in [0.5, 0.6) is 5.75 Å². The van der Waals surface area contributed by atoms with Crippen molar-refractivity contribution in [1.82, 2.24) is 0 Å². The summed E-state index contributed by atoms with van der Waals surface area (Å²) in [4.78, 5) is 11.9. The molecule has 2 rings (SSSR count). The van der Waals surface area contributed by atoms with Crippen LogP contribution in [-0.2, 0) is 22.5 Å². The molecule has 0 heterocycles. The van der Waals surface area contributed by atoms with Gasteiger partial charge < -0.3 is 14.2 Å². The summed E-state index contributed by atoms with van der Waals surface area (Å²) in [6.07, 6.45) is 2.97. The lowest BCUT2D eigenvalue weighted by atomic mass is 10.0. The van der Waals surface area contributed by atoms with Crippen molar-refractivity contribution < 1.29 is 19.0 Å². The summed E-state index contributed by atoms with van der Waals surface area (Å²) in [5.41, 5.74) is 1.73. The van der Waals surface area contributed by atoms with Crippen molar-refractivity contribution in [3.05, 3.63) is 78.4 Å². The lowest BCUT2D eigenvalue weighted by molar-refractivity contribution is -0.0275. The zero-order valence-electron chi connectivity index (χ0n) is 17.0. The summed E-state index contributed by atoms with van der Waals surface area (Å²) >= 11 is 0. The van der Waals surface area contributed by atoms with Crippen molar-refractivity contribution in [3.63, 3.8) is 0 Å². The van der Waals surface area contributed by atoms with E-state index in [9.17, 15) is 4.79 Å². The Bertz CT molecular complexity index is 729. The van der Waals surface area contributed by atoms with Gasteiger partial charge in [-0.05, 0) is 56.9 Å². The van der Waals surface area contributed by atoms with Crippen LogP contribution in [0.15, 0.2) is 67.3 Å². The predicted octanol–water partition coefficient (Wildman–Crippen LogP) is 6.09. The Morgan fingerprint density at radius 2 is 1.71 bits per heavy atom. The molecule has 0 unspecified atom stereocenters. The first-order valence-corrected chi connectivity index (χ1v) is 9.62. The van der Waals surface area contributed by atoms with Crippen LogP contribution in [-0.4, -0.2) is 17.9 Å². The van der Waals surface area contributed by atoms with Crippen LogP contribution in [0.25, 0.3) is 0 Å². The summed E-state index contributed by atoms with van der Waals surface area (Å²) < 4.78 is 16.5. The molecule has 4 nitrogen and oxygen atoms in total. The lowest BCUT2D eigenvalue weighted by Gasteiger charge is -2.22. The maximum Gasteiger partial charge on any atom is 0.509 e. The second-order valence-electron chi connectivity index (χ2n) is 7.69. The average Bonchev–Trinajstić information content (AvgIpc) is 2.65. The third kappa shape index (κ3) is 8.30. The summed E-state index contributed by atoms with van der Waals surface area (Å²) in [6, 6.07) is 18.1. The van der Waals surface area contributed by atoms with Crippen LogP contribution in [0.3, 0.4) is 0 Å². The Balaban J connectivity index is 1.82. The number of hydrogen-bond acceptors (Lipinski definition) is 4. The number of benzene rings is 2. The van der Waals surface area contributed by atoms with E-state index in [1.54, 1.807) is 6.08 Å². The minimum absolute atomic E-state index is 0.249. The molecule has 0 aliphatic rings. The largest absolute Gasteiger partial charge is 0.509 e. The van der Waals surface area contributed by atoms with E-state index >= 15 is 0 Å². The lowest BCUT2D eigenvalue weighted by Crippen LogP contribution is -2.27. The molecule has 4 heteroatoms. The van der Waals surface area contributed by atoms with Crippen molar-refractivity contribution in [3.8, 4) is 5.75 Å². The van der Waals surface area contributed by atoms with Gasteiger partial charge in [0.2, 0.25) is 0 Å². The molecule has 0 aliphatic heterocycles. The molecule has 0 bridgehead atoms.